The monoisotopic (exact) mass is 320 g/mol. The first kappa shape index (κ1) is 15.9. The Morgan fingerprint density at radius 2 is 1.67 bits per heavy atom. The Balaban J connectivity index is 1.85. The van der Waals surface area contributed by atoms with Crippen LogP contribution < -0.4 is 5.32 Å². The summed E-state index contributed by atoms with van der Waals surface area (Å²) in [6.45, 7) is 4.54. The average molecular weight is 320 g/mol. The van der Waals surface area contributed by atoms with E-state index in [2.05, 4.69) is 15.6 Å². The van der Waals surface area contributed by atoms with Gasteiger partial charge in [-0.05, 0) is 23.6 Å². The molecular weight excluding hydrogens is 300 g/mol. The SMILES string of the molecule is CC(C)c1c(C(=O)NCc2ccccc2)nnn1-c1ccccc1. The minimum atomic E-state index is -0.204. The van der Waals surface area contributed by atoms with Crippen molar-refractivity contribution in [2.75, 3.05) is 0 Å². The van der Waals surface area contributed by atoms with E-state index in [1.807, 2.05) is 74.5 Å². The van der Waals surface area contributed by atoms with Crippen molar-refractivity contribution in [3.8, 4) is 5.69 Å². The molecule has 24 heavy (non-hydrogen) atoms. The second-order valence-electron chi connectivity index (χ2n) is 5.89. The van der Waals surface area contributed by atoms with Gasteiger partial charge in [0.05, 0.1) is 11.4 Å². The third-order valence-corrected chi connectivity index (χ3v) is 3.76. The van der Waals surface area contributed by atoms with E-state index in [1.54, 1.807) is 4.68 Å². The largest absolute Gasteiger partial charge is 0.347 e. The molecule has 5 heteroatoms. The molecule has 0 saturated carbocycles. The molecule has 122 valence electrons. The van der Waals surface area contributed by atoms with Crippen LogP contribution in [-0.2, 0) is 6.54 Å². The molecule has 1 heterocycles. The molecule has 3 aromatic rings. The van der Waals surface area contributed by atoms with Crippen LogP contribution >= 0.6 is 0 Å². The molecule has 2 aromatic carbocycles. The third kappa shape index (κ3) is 3.35. The summed E-state index contributed by atoms with van der Waals surface area (Å²) in [6.07, 6.45) is 0. The van der Waals surface area contributed by atoms with Gasteiger partial charge in [-0.25, -0.2) is 4.68 Å². The highest BCUT2D eigenvalue weighted by Crippen LogP contribution is 2.21. The van der Waals surface area contributed by atoms with Crippen LogP contribution in [0.1, 0.15) is 41.5 Å². The van der Waals surface area contributed by atoms with Crippen molar-refractivity contribution in [1.82, 2.24) is 20.3 Å². The maximum Gasteiger partial charge on any atom is 0.274 e. The first-order chi connectivity index (χ1) is 11.7. The van der Waals surface area contributed by atoms with Crippen LogP contribution in [0.2, 0.25) is 0 Å². The van der Waals surface area contributed by atoms with Gasteiger partial charge in [-0.1, -0.05) is 67.6 Å². The van der Waals surface area contributed by atoms with Gasteiger partial charge in [-0.2, -0.15) is 0 Å². The lowest BCUT2D eigenvalue weighted by Gasteiger charge is -2.11. The molecule has 0 unspecified atom stereocenters. The van der Waals surface area contributed by atoms with Gasteiger partial charge in [0.15, 0.2) is 5.69 Å². The van der Waals surface area contributed by atoms with Gasteiger partial charge in [-0.15, -0.1) is 5.10 Å². The topological polar surface area (TPSA) is 59.8 Å². The number of para-hydroxylation sites is 1. The Labute approximate surface area is 141 Å². The Kier molecular flexibility index (Phi) is 4.70. The average Bonchev–Trinajstić information content (AvgIpc) is 3.07. The number of benzene rings is 2. The van der Waals surface area contributed by atoms with Gasteiger partial charge in [0.2, 0.25) is 0 Å². The lowest BCUT2D eigenvalue weighted by Crippen LogP contribution is -2.25. The van der Waals surface area contributed by atoms with E-state index in [9.17, 15) is 4.79 Å². The van der Waals surface area contributed by atoms with Crippen LogP contribution in [0.3, 0.4) is 0 Å². The maximum absolute atomic E-state index is 12.6. The molecule has 0 saturated heterocycles. The molecule has 0 aliphatic heterocycles. The number of hydrogen-bond donors (Lipinski definition) is 1. The predicted molar refractivity (Wildman–Crippen MR) is 93.1 cm³/mol. The molecule has 0 radical (unpaired) electrons. The summed E-state index contributed by atoms with van der Waals surface area (Å²) >= 11 is 0. The van der Waals surface area contributed by atoms with Crippen molar-refractivity contribution >= 4 is 5.91 Å². The van der Waals surface area contributed by atoms with Crippen LogP contribution in [0.4, 0.5) is 0 Å². The zero-order valence-corrected chi connectivity index (χ0v) is 13.8. The second-order valence-corrected chi connectivity index (χ2v) is 5.89. The zero-order chi connectivity index (χ0) is 16.9. The van der Waals surface area contributed by atoms with E-state index in [-0.39, 0.29) is 11.8 Å². The van der Waals surface area contributed by atoms with E-state index >= 15 is 0 Å². The normalized spacial score (nSPS) is 10.8. The van der Waals surface area contributed by atoms with Crippen molar-refractivity contribution < 1.29 is 4.79 Å². The molecule has 0 aliphatic carbocycles. The van der Waals surface area contributed by atoms with Crippen molar-refractivity contribution in [3.63, 3.8) is 0 Å². The van der Waals surface area contributed by atoms with E-state index in [0.29, 0.717) is 12.2 Å². The number of hydrogen-bond acceptors (Lipinski definition) is 3. The standard InChI is InChI=1S/C19H20N4O/c1-14(2)18-17(19(24)20-13-15-9-5-3-6-10-15)21-22-23(18)16-11-7-4-8-12-16/h3-12,14H,13H2,1-2H3,(H,20,24). The molecular formula is C19H20N4O. The van der Waals surface area contributed by atoms with Crippen molar-refractivity contribution in [2.24, 2.45) is 0 Å². The number of nitrogens with zero attached hydrogens (tertiary/aromatic N) is 3. The molecule has 5 nitrogen and oxygen atoms in total. The van der Waals surface area contributed by atoms with E-state index < -0.39 is 0 Å². The number of aromatic nitrogens is 3. The molecule has 0 fully saturated rings. The second kappa shape index (κ2) is 7.08. The van der Waals surface area contributed by atoms with Gasteiger partial charge in [0.25, 0.3) is 5.91 Å². The molecule has 0 bridgehead atoms. The smallest absolute Gasteiger partial charge is 0.274 e. The summed E-state index contributed by atoms with van der Waals surface area (Å²) in [4.78, 5) is 12.6. The summed E-state index contributed by atoms with van der Waals surface area (Å²) in [5.74, 6) is -0.0811. The maximum atomic E-state index is 12.6. The van der Waals surface area contributed by atoms with E-state index in [0.717, 1.165) is 16.9 Å². The first-order valence-electron chi connectivity index (χ1n) is 8.00. The molecule has 1 amide bonds. The first-order valence-corrected chi connectivity index (χ1v) is 8.00. The lowest BCUT2D eigenvalue weighted by molar-refractivity contribution is 0.0944. The zero-order valence-electron chi connectivity index (χ0n) is 13.8. The van der Waals surface area contributed by atoms with Crippen molar-refractivity contribution in [2.45, 2.75) is 26.3 Å². The Bertz CT molecular complexity index is 810. The lowest BCUT2D eigenvalue weighted by atomic mass is 10.1. The number of carbonyl (C=O) groups excluding carboxylic acids is 1. The summed E-state index contributed by atoms with van der Waals surface area (Å²) in [6, 6.07) is 19.5. The molecule has 3 rings (SSSR count). The highest BCUT2D eigenvalue weighted by atomic mass is 16.2. The van der Waals surface area contributed by atoms with Crippen LogP contribution in [0.15, 0.2) is 60.7 Å². The highest BCUT2D eigenvalue weighted by Gasteiger charge is 2.22. The Morgan fingerprint density at radius 1 is 1.04 bits per heavy atom. The van der Waals surface area contributed by atoms with Crippen LogP contribution in [0.5, 0.6) is 0 Å². The van der Waals surface area contributed by atoms with Gasteiger partial charge < -0.3 is 5.32 Å². The minimum Gasteiger partial charge on any atom is -0.347 e. The number of nitrogens with one attached hydrogen (secondary N) is 1. The van der Waals surface area contributed by atoms with Gasteiger partial charge in [-0.3, -0.25) is 4.79 Å². The summed E-state index contributed by atoms with van der Waals surface area (Å²) in [5.41, 5.74) is 3.14. The van der Waals surface area contributed by atoms with E-state index in [4.69, 9.17) is 0 Å². The van der Waals surface area contributed by atoms with Gasteiger partial charge >= 0.3 is 0 Å². The summed E-state index contributed by atoms with van der Waals surface area (Å²) < 4.78 is 1.74. The number of carbonyl (C=O) groups is 1. The third-order valence-electron chi connectivity index (χ3n) is 3.76. The van der Waals surface area contributed by atoms with Gasteiger partial charge in [0, 0.05) is 6.54 Å². The number of rotatable bonds is 5. The van der Waals surface area contributed by atoms with Crippen LogP contribution in [0, 0.1) is 0 Å². The number of amides is 1. The summed E-state index contributed by atoms with van der Waals surface area (Å²) in [5, 5.41) is 11.2. The van der Waals surface area contributed by atoms with E-state index in [1.165, 1.54) is 0 Å². The van der Waals surface area contributed by atoms with Crippen molar-refractivity contribution in [3.05, 3.63) is 77.6 Å². The molecule has 0 aliphatic rings. The van der Waals surface area contributed by atoms with Crippen LogP contribution in [-0.4, -0.2) is 20.9 Å². The van der Waals surface area contributed by atoms with Crippen molar-refractivity contribution in [1.29, 1.82) is 0 Å². The molecule has 1 N–H and O–H groups in total. The molecule has 0 spiro atoms. The summed E-state index contributed by atoms with van der Waals surface area (Å²) in [7, 11) is 0. The van der Waals surface area contributed by atoms with Gasteiger partial charge in [0.1, 0.15) is 0 Å². The minimum absolute atomic E-state index is 0.123. The molecule has 1 aromatic heterocycles. The quantitative estimate of drug-likeness (QED) is 0.784. The van der Waals surface area contributed by atoms with Crippen LogP contribution in [0.25, 0.3) is 5.69 Å². The Hall–Kier alpha value is -2.95. The fourth-order valence-electron chi connectivity index (χ4n) is 2.59. The molecule has 0 atom stereocenters. The fraction of sp³-hybridized carbons (Fsp3) is 0.211. The Morgan fingerprint density at radius 3 is 2.29 bits per heavy atom. The highest BCUT2D eigenvalue weighted by molar-refractivity contribution is 5.93. The predicted octanol–water partition coefficient (Wildman–Crippen LogP) is 3.32. The fourth-order valence-corrected chi connectivity index (χ4v) is 2.59.